The first kappa shape index (κ1) is 16.1. The average molecular weight is 306 g/mol. The maximum Gasteiger partial charge on any atom is 0.231 e. The topological polar surface area (TPSA) is 67.9 Å². The van der Waals surface area contributed by atoms with Crippen LogP contribution in [0.2, 0.25) is 0 Å². The molecule has 120 valence electrons. The van der Waals surface area contributed by atoms with Gasteiger partial charge in [0.05, 0.1) is 0 Å². The highest BCUT2D eigenvalue weighted by Crippen LogP contribution is 2.34. The molecule has 0 aromatic heterocycles. The monoisotopic (exact) mass is 306 g/mol. The van der Waals surface area contributed by atoms with E-state index in [9.17, 15) is 9.59 Å². The molecule has 0 aliphatic carbocycles. The number of ether oxygens (including phenoxy) is 2. The van der Waals surface area contributed by atoms with Crippen molar-refractivity contribution in [1.29, 1.82) is 0 Å². The molecule has 1 aliphatic heterocycles. The van der Waals surface area contributed by atoms with Gasteiger partial charge in [-0.2, -0.15) is 0 Å². The fourth-order valence-electron chi connectivity index (χ4n) is 2.33. The lowest BCUT2D eigenvalue weighted by Crippen LogP contribution is -2.38. The molecule has 0 radical (unpaired) electrons. The first-order valence-corrected chi connectivity index (χ1v) is 7.48. The Bertz CT molecular complexity index is 559. The first-order chi connectivity index (χ1) is 10.5. The van der Waals surface area contributed by atoms with Crippen molar-refractivity contribution >= 4 is 17.5 Å². The van der Waals surface area contributed by atoms with Crippen LogP contribution in [0.1, 0.15) is 33.6 Å². The lowest BCUT2D eigenvalue weighted by Gasteiger charge is -2.27. The van der Waals surface area contributed by atoms with Crippen LogP contribution in [0.5, 0.6) is 11.5 Å². The molecule has 0 saturated carbocycles. The zero-order valence-electron chi connectivity index (χ0n) is 13.2. The summed E-state index contributed by atoms with van der Waals surface area (Å²) in [5.74, 6) is 1.17. The normalized spacial score (nSPS) is 13.6. The van der Waals surface area contributed by atoms with Gasteiger partial charge < -0.3 is 19.7 Å². The fourth-order valence-corrected chi connectivity index (χ4v) is 2.33. The molecule has 1 N–H and O–H groups in total. The Hall–Kier alpha value is -2.24. The van der Waals surface area contributed by atoms with E-state index in [1.165, 1.54) is 6.92 Å². The van der Waals surface area contributed by atoms with Crippen molar-refractivity contribution < 1.29 is 19.1 Å². The molecule has 2 rings (SSSR count). The number of carbonyl (C=O) groups is 2. The minimum absolute atomic E-state index is 0.00905. The van der Waals surface area contributed by atoms with Crippen molar-refractivity contribution in [2.45, 2.75) is 39.7 Å². The van der Waals surface area contributed by atoms with Gasteiger partial charge in [0.1, 0.15) is 0 Å². The number of nitrogens with zero attached hydrogens (tertiary/aromatic N) is 1. The largest absolute Gasteiger partial charge is 0.454 e. The molecular formula is C16H22N2O4. The van der Waals surface area contributed by atoms with Crippen molar-refractivity contribution in [3.63, 3.8) is 0 Å². The molecule has 1 aliphatic rings. The van der Waals surface area contributed by atoms with Crippen LogP contribution in [0.3, 0.4) is 0 Å². The fraction of sp³-hybridized carbons (Fsp3) is 0.500. The van der Waals surface area contributed by atoms with Gasteiger partial charge in [-0.25, -0.2) is 0 Å². The zero-order chi connectivity index (χ0) is 16.1. The summed E-state index contributed by atoms with van der Waals surface area (Å²) in [5, 5.41) is 2.81. The lowest BCUT2D eigenvalue weighted by atomic mass is 10.2. The predicted molar refractivity (Wildman–Crippen MR) is 83.0 cm³/mol. The third-order valence-electron chi connectivity index (χ3n) is 3.76. The van der Waals surface area contributed by atoms with Gasteiger partial charge in [0.25, 0.3) is 0 Å². The second kappa shape index (κ2) is 7.15. The van der Waals surface area contributed by atoms with Crippen LogP contribution < -0.4 is 14.8 Å². The molecule has 0 fully saturated rings. The van der Waals surface area contributed by atoms with Gasteiger partial charge in [0, 0.05) is 37.7 Å². The van der Waals surface area contributed by atoms with Gasteiger partial charge in [-0.1, -0.05) is 6.92 Å². The first-order valence-electron chi connectivity index (χ1n) is 7.48. The van der Waals surface area contributed by atoms with Crippen molar-refractivity contribution in [3.8, 4) is 11.5 Å². The molecule has 0 spiro atoms. The van der Waals surface area contributed by atoms with Crippen LogP contribution in [0.4, 0.5) is 5.69 Å². The van der Waals surface area contributed by atoms with Gasteiger partial charge in [-0.05, 0) is 25.5 Å². The molecule has 22 heavy (non-hydrogen) atoms. The summed E-state index contributed by atoms with van der Waals surface area (Å²) < 4.78 is 10.5. The number of anilines is 1. The zero-order valence-corrected chi connectivity index (χ0v) is 13.2. The molecular weight excluding hydrogens is 284 g/mol. The van der Waals surface area contributed by atoms with Crippen LogP contribution in [0.25, 0.3) is 0 Å². The summed E-state index contributed by atoms with van der Waals surface area (Å²) in [5.41, 5.74) is 0.659. The standard InChI is InChI=1S/C16H22N2O4/c1-4-11(2)18(12(3)19)8-7-16(20)17-13-5-6-14-15(9-13)22-10-21-14/h5-6,9,11H,4,7-8,10H2,1-3H3,(H,17,20). The molecule has 1 aromatic rings. The highest BCUT2D eigenvalue weighted by Gasteiger charge is 2.17. The third-order valence-corrected chi connectivity index (χ3v) is 3.76. The Balaban J connectivity index is 1.88. The summed E-state index contributed by atoms with van der Waals surface area (Å²) in [6.45, 7) is 6.16. The van der Waals surface area contributed by atoms with E-state index in [0.717, 1.165) is 6.42 Å². The number of fused-ring (bicyclic) bond motifs is 1. The van der Waals surface area contributed by atoms with E-state index >= 15 is 0 Å². The number of benzene rings is 1. The second-order valence-electron chi connectivity index (χ2n) is 5.34. The van der Waals surface area contributed by atoms with E-state index in [1.54, 1.807) is 23.1 Å². The molecule has 0 saturated heterocycles. The van der Waals surface area contributed by atoms with Crippen molar-refractivity contribution in [2.24, 2.45) is 0 Å². The predicted octanol–water partition coefficient (Wildman–Crippen LogP) is 2.39. The Morgan fingerprint density at radius 1 is 1.32 bits per heavy atom. The number of hydrogen-bond acceptors (Lipinski definition) is 4. The van der Waals surface area contributed by atoms with Crippen molar-refractivity contribution in [2.75, 3.05) is 18.7 Å². The molecule has 1 heterocycles. The number of amides is 2. The minimum atomic E-state index is -0.131. The van der Waals surface area contributed by atoms with Crippen LogP contribution in [-0.2, 0) is 9.59 Å². The minimum Gasteiger partial charge on any atom is -0.454 e. The van der Waals surface area contributed by atoms with E-state index in [0.29, 0.717) is 23.7 Å². The maximum absolute atomic E-state index is 12.0. The van der Waals surface area contributed by atoms with Gasteiger partial charge in [-0.3, -0.25) is 9.59 Å². The quantitative estimate of drug-likeness (QED) is 0.876. The summed E-state index contributed by atoms with van der Waals surface area (Å²) >= 11 is 0. The Morgan fingerprint density at radius 2 is 2.05 bits per heavy atom. The summed E-state index contributed by atoms with van der Waals surface area (Å²) in [7, 11) is 0. The van der Waals surface area contributed by atoms with E-state index < -0.39 is 0 Å². The van der Waals surface area contributed by atoms with Crippen LogP contribution >= 0.6 is 0 Å². The van der Waals surface area contributed by atoms with Crippen molar-refractivity contribution in [3.05, 3.63) is 18.2 Å². The van der Waals surface area contributed by atoms with Gasteiger partial charge in [-0.15, -0.1) is 0 Å². The molecule has 6 heteroatoms. The smallest absolute Gasteiger partial charge is 0.231 e. The highest BCUT2D eigenvalue weighted by molar-refractivity contribution is 5.91. The lowest BCUT2D eigenvalue weighted by molar-refractivity contribution is -0.131. The molecule has 1 aromatic carbocycles. The van der Waals surface area contributed by atoms with Gasteiger partial charge >= 0.3 is 0 Å². The summed E-state index contributed by atoms with van der Waals surface area (Å²) in [4.78, 5) is 25.4. The highest BCUT2D eigenvalue weighted by atomic mass is 16.7. The number of rotatable bonds is 6. The van der Waals surface area contributed by atoms with Crippen LogP contribution in [0, 0.1) is 0 Å². The number of carbonyl (C=O) groups excluding carboxylic acids is 2. The Labute approximate surface area is 130 Å². The molecule has 6 nitrogen and oxygen atoms in total. The van der Waals surface area contributed by atoms with Crippen molar-refractivity contribution in [1.82, 2.24) is 4.90 Å². The van der Waals surface area contributed by atoms with E-state index in [1.807, 2.05) is 13.8 Å². The molecule has 2 amide bonds. The Kier molecular flexibility index (Phi) is 5.25. The van der Waals surface area contributed by atoms with Gasteiger partial charge in [0.15, 0.2) is 11.5 Å². The molecule has 0 bridgehead atoms. The number of hydrogen-bond donors (Lipinski definition) is 1. The SMILES string of the molecule is CCC(C)N(CCC(=O)Nc1ccc2c(c1)OCO2)C(C)=O. The van der Waals surface area contributed by atoms with E-state index in [2.05, 4.69) is 5.32 Å². The average Bonchev–Trinajstić information content (AvgIpc) is 2.94. The van der Waals surface area contributed by atoms with E-state index in [4.69, 9.17) is 9.47 Å². The Morgan fingerprint density at radius 3 is 2.73 bits per heavy atom. The van der Waals surface area contributed by atoms with Crippen LogP contribution in [0.15, 0.2) is 18.2 Å². The summed E-state index contributed by atoms with van der Waals surface area (Å²) in [6.07, 6.45) is 1.13. The van der Waals surface area contributed by atoms with Gasteiger partial charge in [0.2, 0.25) is 18.6 Å². The van der Waals surface area contributed by atoms with Crippen LogP contribution in [-0.4, -0.2) is 36.1 Å². The third kappa shape index (κ3) is 3.90. The molecule has 1 atom stereocenters. The van der Waals surface area contributed by atoms with E-state index in [-0.39, 0.29) is 31.1 Å². The number of nitrogens with one attached hydrogen (secondary N) is 1. The molecule has 1 unspecified atom stereocenters. The second-order valence-corrected chi connectivity index (χ2v) is 5.34. The summed E-state index contributed by atoms with van der Waals surface area (Å²) in [6, 6.07) is 5.40. The maximum atomic E-state index is 12.0.